The summed E-state index contributed by atoms with van der Waals surface area (Å²) in [6, 6.07) is 27.6. The number of nitro groups is 1. The van der Waals surface area contributed by atoms with Crippen LogP contribution in [-0.4, -0.2) is 137 Å². The third-order valence-electron chi connectivity index (χ3n) is 16.2. The number of benzene rings is 5. The number of nitrogens with two attached hydrogens (primary N) is 1. The highest BCUT2D eigenvalue weighted by Gasteiger charge is 2.38. The van der Waals surface area contributed by atoms with E-state index in [0.29, 0.717) is 72.0 Å². The summed E-state index contributed by atoms with van der Waals surface area (Å²) in [6.07, 6.45) is 6.84. The number of carbonyl (C=O) groups is 8. The third kappa shape index (κ3) is 14.8. The molecule has 9 rings (SSSR count). The second-order valence-corrected chi connectivity index (χ2v) is 22.2. The maximum atomic E-state index is 14.8. The number of unbranched alkanes of at least 4 members (excludes halogenated alkanes) is 1. The molecule has 0 radical (unpaired) electrons. The Balaban J connectivity index is 0.836. The van der Waals surface area contributed by atoms with Crippen molar-refractivity contribution in [1.29, 1.82) is 0 Å². The van der Waals surface area contributed by atoms with Crippen molar-refractivity contribution in [2.45, 2.75) is 82.5 Å². The number of likely N-dealkylation sites (tertiary alicyclic amines) is 1. The maximum absolute atomic E-state index is 14.8. The summed E-state index contributed by atoms with van der Waals surface area (Å²) in [7, 11) is 1.96. The van der Waals surface area contributed by atoms with E-state index in [1.807, 2.05) is 37.5 Å². The molecule has 9 N–H and O–H groups in total. The SMILES string of the molecule is CC(=O)N[C@@H](CCCCNC(=O)c1ccccc1-c1ccccc1C(=O)NCCNC(=O)C1CCCN(C(=O)[C@H](Cc2ccc(F)cc2)NC(=O)[C@H](Cc2ccc([N+](=O)[O-])cc2)NC(=O)[C@@H]2C=C3c4cccc5[nH]cc(c45)C[C@H]3N(C)C2)C1)C(N)=O. The van der Waals surface area contributed by atoms with Gasteiger partial charge in [0.05, 0.1) is 16.8 Å². The van der Waals surface area contributed by atoms with Crippen LogP contribution in [0.15, 0.2) is 128 Å². The first-order chi connectivity index (χ1) is 41.4. The smallest absolute Gasteiger partial charge is 0.269 e. The van der Waals surface area contributed by atoms with Crippen LogP contribution >= 0.6 is 0 Å². The van der Waals surface area contributed by atoms with E-state index < -0.39 is 70.2 Å². The van der Waals surface area contributed by atoms with Gasteiger partial charge in [-0.3, -0.25) is 53.4 Å². The largest absolute Gasteiger partial charge is 0.368 e. The number of halogens is 1. The van der Waals surface area contributed by atoms with Crippen molar-refractivity contribution >= 4 is 69.4 Å². The lowest BCUT2D eigenvalue weighted by Gasteiger charge is -2.39. The zero-order valence-corrected chi connectivity index (χ0v) is 47.9. The average Bonchev–Trinajstić information content (AvgIpc) is 2.13. The fourth-order valence-electron chi connectivity index (χ4n) is 11.8. The molecule has 3 heterocycles. The summed E-state index contributed by atoms with van der Waals surface area (Å²) in [5.41, 5.74) is 12.2. The van der Waals surface area contributed by atoms with Gasteiger partial charge in [-0.2, -0.15) is 0 Å². The van der Waals surface area contributed by atoms with Crippen LogP contribution in [0.4, 0.5) is 10.1 Å². The zero-order valence-electron chi connectivity index (χ0n) is 47.9. The number of fused-ring (bicyclic) bond motifs is 2. The molecule has 0 bridgehead atoms. The quantitative estimate of drug-likeness (QED) is 0.0230. The Hall–Kier alpha value is -9.57. The van der Waals surface area contributed by atoms with Gasteiger partial charge in [0.15, 0.2) is 0 Å². The van der Waals surface area contributed by atoms with E-state index in [2.05, 4.69) is 41.8 Å². The van der Waals surface area contributed by atoms with E-state index in [1.54, 1.807) is 48.5 Å². The molecule has 1 fully saturated rings. The molecule has 8 amide bonds. The number of aromatic amines is 1. The first-order valence-electron chi connectivity index (χ1n) is 28.9. The topological polar surface area (TPSA) is 300 Å². The van der Waals surface area contributed by atoms with Crippen molar-refractivity contribution in [3.63, 3.8) is 0 Å². The number of H-pyrrole nitrogens is 1. The van der Waals surface area contributed by atoms with Gasteiger partial charge < -0.3 is 47.5 Å². The lowest BCUT2D eigenvalue weighted by Crippen LogP contribution is -2.58. The van der Waals surface area contributed by atoms with Crippen LogP contribution in [0.25, 0.3) is 27.6 Å². The predicted octanol–water partition coefficient (Wildman–Crippen LogP) is 4.88. The number of nitrogens with zero attached hydrogens (tertiary/aromatic N) is 3. The molecular weight excluding hydrogens is 1100 g/mol. The minimum absolute atomic E-state index is 0.00727. The highest BCUT2D eigenvalue weighted by Crippen LogP contribution is 2.41. The van der Waals surface area contributed by atoms with Crippen LogP contribution in [-0.2, 0) is 48.0 Å². The number of non-ortho nitro benzene ring substituents is 1. The molecule has 1 aliphatic carbocycles. The van der Waals surface area contributed by atoms with Crippen molar-refractivity contribution in [2.75, 3.05) is 46.3 Å². The predicted molar refractivity (Wildman–Crippen MR) is 320 cm³/mol. The molecule has 86 heavy (non-hydrogen) atoms. The number of carbonyl (C=O) groups excluding carboxylic acids is 8. The van der Waals surface area contributed by atoms with Gasteiger partial charge in [-0.05, 0) is 115 Å². The summed E-state index contributed by atoms with van der Waals surface area (Å²) in [5, 5.41) is 29.7. The maximum Gasteiger partial charge on any atom is 0.269 e. The van der Waals surface area contributed by atoms with Crippen LogP contribution < -0.4 is 37.6 Å². The van der Waals surface area contributed by atoms with Gasteiger partial charge in [-0.15, -0.1) is 0 Å². The van der Waals surface area contributed by atoms with Crippen LogP contribution in [0.2, 0.25) is 0 Å². The second kappa shape index (κ2) is 27.9. The van der Waals surface area contributed by atoms with Crippen LogP contribution in [0.3, 0.4) is 0 Å². The third-order valence-corrected chi connectivity index (χ3v) is 16.2. The van der Waals surface area contributed by atoms with E-state index in [1.165, 1.54) is 65.9 Å². The lowest BCUT2D eigenvalue weighted by atomic mass is 9.79. The number of rotatable bonds is 24. The normalized spacial score (nSPS) is 17.4. The molecule has 5 aromatic carbocycles. The van der Waals surface area contributed by atoms with Gasteiger partial charge >= 0.3 is 0 Å². The number of hydrogen-bond donors (Lipinski definition) is 8. The molecule has 0 saturated carbocycles. The molecule has 448 valence electrons. The van der Waals surface area contributed by atoms with E-state index in [-0.39, 0.29) is 75.0 Å². The Morgan fingerprint density at radius 2 is 1.34 bits per heavy atom. The Labute approximate surface area is 496 Å². The minimum Gasteiger partial charge on any atom is -0.368 e. The van der Waals surface area contributed by atoms with Crippen molar-refractivity contribution < 1.29 is 47.7 Å². The number of hydrogen-bond acceptors (Lipinski definition) is 11. The van der Waals surface area contributed by atoms with Crippen LogP contribution in [0.1, 0.15) is 82.0 Å². The van der Waals surface area contributed by atoms with Gasteiger partial charge in [0.1, 0.15) is 23.9 Å². The number of likely N-dealkylation sites (N-methyl/N-ethyl adjacent to an activating group) is 1. The first-order valence-corrected chi connectivity index (χ1v) is 28.9. The second-order valence-electron chi connectivity index (χ2n) is 22.2. The van der Waals surface area contributed by atoms with Gasteiger partial charge in [-0.25, -0.2) is 4.39 Å². The van der Waals surface area contributed by atoms with Crippen molar-refractivity contribution in [3.05, 3.63) is 177 Å². The van der Waals surface area contributed by atoms with E-state index in [9.17, 15) is 52.9 Å². The highest BCUT2D eigenvalue weighted by atomic mass is 19.1. The van der Waals surface area contributed by atoms with Gasteiger partial charge in [0, 0.05) is 105 Å². The lowest BCUT2D eigenvalue weighted by molar-refractivity contribution is -0.384. The number of nitrogens with one attached hydrogen (secondary N) is 7. The monoisotopic (exact) mass is 1170 g/mol. The summed E-state index contributed by atoms with van der Waals surface area (Å²) < 4.78 is 14.2. The van der Waals surface area contributed by atoms with E-state index in [4.69, 9.17) is 5.73 Å². The fourth-order valence-corrected chi connectivity index (χ4v) is 11.8. The summed E-state index contributed by atoms with van der Waals surface area (Å²) >= 11 is 0. The average molecular weight is 1170 g/mol. The molecule has 2 aliphatic heterocycles. The Kier molecular flexibility index (Phi) is 19.8. The summed E-state index contributed by atoms with van der Waals surface area (Å²) in [6.45, 7) is 2.30. The van der Waals surface area contributed by atoms with E-state index in [0.717, 1.165) is 28.5 Å². The molecule has 1 unspecified atom stereocenters. The standard InChI is InChI=1S/C64H70FN11O10/c1-38(77)71-53(58(66)78)17-7-8-27-67-61(81)49-14-5-3-12-46(49)47-13-4-6-15-50(47)62(82)69-29-28-68-59(79)41-11-10-30-75(37-41)64(84)55(32-39-19-23-44(65)24-20-39)73-63(83)54(31-40-21-25-45(26-22-40)76(85)86)72-60(80)43-33-51-48-16-9-18-52-57(48)42(35-70-52)34-56(51)74(2)36-43/h3-6,9,12-16,18-26,33,35,41,43,53-56,70H,7-8,10-11,17,27-32,34,36-37H2,1-2H3,(H2,66,78)(H,67,81)(H,68,79)(H,69,82)(H,71,77)(H,72,80)(H,73,83)/t41?,43-,53+,54+,55+,56-/m1/s1. The minimum atomic E-state index is -1.26. The number of piperidine rings is 1. The molecule has 6 aromatic rings. The number of amides is 8. The van der Waals surface area contributed by atoms with Gasteiger partial charge in [-0.1, -0.05) is 78.9 Å². The van der Waals surface area contributed by atoms with Gasteiger partial charge in [0.2, 0.25) is 35.4 Å². The van der Waals surface area contributed by atoms with Gasteiger partial charge in [0.25, 0.3) is 17.5 Å². The molecule has 1 aromatic heterocycles. The molecule has 22 heteroatoms. The molecule has 3 aliphatic rings. The molecular formula is C64H70FN11O10. The zero-order chi connectivity index (χ0) is 61.0. The van der Waals surface area contributed by atoms with Crippen molar-refractivity contribution in [3.8, 4) is 11.1 Å². The van der Waals surface area contributed by atoms with Crippen molar-refractivity contribution in [1.82, 2.24) is 46.7 Å². The van der Waals surface area contributed by atoms with E-state index >= 15 is 0 Å². The Morgan fingerprint density at radius 3 is 2.00 bits per heavy atom. The molecule has 0 spiro atoms. The fraction of sp³-hybridized carbons (Fsp3) is 0.344. The van der Waals surface area contributed by atoms with Crippen molar-refractivity contribution in [2.24, 2.45) is 17.6 Å². The Bertz CT molecular complexity index is 3570. The van der Waals surface area contributed by atoms with Crippen LogP contribution in [0, 0.1) is 27.8 Å². The number of aromatic nitrogens is 1. The molecule has 1 saturated heterocycles. The molecule has 21 nitrogen and oxygen atoms in total. The number of primary amides is 1. The van der Waals surface area contributed by atoms with Crippen LogP contribution in [0.5, 0.6) is 0 Å². The highest BCUT2D eigenvalue weighted by molar-refractivity contribution is 6.06. The first kappa shape index (κ1) is 61.0. The molecule has 6 atom stereocenters. The summed E-state index contributed by atoms with van der Waals surface area (Å²) in [5.74, 6) is -5.63. The summed E-state index contributed by atoms with van der Waals surface area (Å²) in [4.78, 5) is 126. The Morgan fingerprint density at radius 1 is 0.709 bits per heavy atom. The number of nitro benzene ring substituents is 1.